The molecule has 28 heavy (non-hydrogen) atoms. The van der Waals surface area contributed by atoms with Crippen molar-refractivity contribution >= 4 is 23.4 Å². The molecule has 0 aliphatic heterocycles. The lowest BCUT2D eigenvalue weighted by Crippen LogP contribution is -2.19. The molecular weight excluding hydrogens is 360 g/mol. The van der Waals surface area contributed by atoms with Gasteiger partial charge in [-0.2, -0.15) is 0 Å². The van der Waals surface area contributed by atoms with E-state index in [9.17, 15) is 9.59 Å². The van der Waals surface area contributed by atoms with Crippen molar-refractivity contribution in [1.29, 1.82) is 0 Å². The van der Waals surface area contributed by atoms with Crippen molar-refractivity contribution in [3.63, 3.8) is 0 Å². The maximum atomic E-state index is 12.1. The molecule has 0 heterocycles. The fraction of sp³-hybridized carbons (Fsp3) is 0.0476. The number of rotatable bonds is 6. The second kappa shape index (κ2) is 8.59. The molecule has 3 rings (SSSR count). The van der Waals surface area contributed by atoms with Gasteiger partial charge in [-0.15, -0.1) is 0 Å². The molecule has 0 saturated heterocycles. The van der Waals surface area contributed by atoms with Gasteiger partial charge < -0.3 is 25.2 Å². The van der Waals surface area contributed by atoms with Crippen LogP contribution in [-0.4, -0.2) is 24.2 Å². The third-order valence-corrected chi connectivity index (χ3v) is 3.78. The number of anilines is 2. The van der Waals surface area contributed by atoms with E-state index in [1.807, 2.05) is 0 Å². The first kappa shape index (κ1) is 18.8. The summed E-state index contributed by atoms with van der Waals surface area (Å²) in [6.07, 6.45) is 0. The molecule has 0 aliphatic rings. The second-order valence-electron chi connectivity index (χ2n) is 5.77. The number of urea groups is 1. The number of carbonyl (C=O) groups is 2. The Morgan fingerprint density at radius 3 is 1.89 bits per heavy atom. The lowest BCUT2D eigenvalue weighted by molar-refractivity contribution is 0.0696. The highest BCUT2D eigenvalue weighted by atomic mass is 16.5. The Morgan fingerprint density at radius 1 is 0.786 bits per heavy atom. The van der Waals surface area contributed by atoms with E-state index in [0.717, 1.165) is 0 Å². The van der Waals surface area contributed by atoms with Gasteiger partial charge in [-0.25, -0.2) is 9.59 Å². The number of nitrogens with one attached hydrogen (secondary N) is 2. The number of benzene rings is 3. The van der Waals surface area contributed by atoms with Gasteiger partial charge in [0.25, 0.3) is 0 Å². The standard InChI is InChI=1S/C21H18N2O5/c1-27-17-9-5-15(6-10-17)22-21(26)23-16-7-11-18(12-8-16)28-19-4-2-3-14(13-19)20(24)25/h2-13H,1H3,(H,24,25)(H2,22,23,26). The van der Waals surface area contributed by atoms with Gasteiger partial charge in [-0.1, -0.05) is 6.07 Å². The van der Waals surface area contributed by atoms with E-state index in [2.05, 4.69) is 10.6 Å². The molecule has 3 aromatic rings. The summed E-state index contributed by atoms with van der Waals surface area (Å²) in [6.45, 7) is 0. The molecule has 0 radical (unpaired) electrons. The number of aromatic carboxylic acids is 1. The summed E-state index contributed by atoms with van der Waals surface area (Å²) in [5, 5.41) is 14.5. The Bertz CT molecular complexity index is 969. The van der Waals surface area contributed by atoms with E-state index in [-0.39, 0.29) is 11.6 Å². The fourth-order valence-corrected chi connectivity index (χ4v) is 2.40. The van der Waals surface area contributed by atoms with Gasteiger partial charge in [0.15, 0.2) is 0 Å². The minimum absolute atomic E-state index is 0.144. The predicted molar refractivity (Wildman–Crippen MR) is 106 cm³/mol. The van der Waals surface area contributed by atoms with E-state index in [1.165, 1.54) is 12.1 Å². The zero-order chi connectivity index (χ0) is 19.9. The quantitative estimate of drug-likeness (QED) is 0.571. The number of hydrogen-bond acceptors (Lipinski definition) is 4. The minimum Gasteiger partial charge on any atom is -0.497 e. The second-order valence-corrected chi connectivity index (χ2v) is 5.77. The molecule has 0 aromatic heterocycles. The smallest absolute Gasteiger partial charge is 0.335 e. The van der Waals surface area contributed by atoms with Crippen molar-refractivity contribution < 1.29 is 24.2 Å². The van der Waals surface area contributed by atoms with Crippen molar-refractivity contribution in [2.75, 3.05) is 17.7 Å². The van der Waals surface area contributed by atoms with E-state index in [0.29, 0.717) is 28.6 Å². The molecule has 3 N–H and O–H groups in total. The van der Waals surface area contributed by atoms with E-state index in [4.69, 9.17) is 14.6 Å². The van der Waals surface area contributed by atoms with Crippen LogP contribution in [0.2, 0.25) is 0 Å². The summed E-state index contributed by atoms with van der Waals surface area (Å²) < 4.78 is 10.7. The normalized spacial score (nSPS) is 10.0. The molecule has 0 fully saturated rings. The molecule has 0 saturated carbocycles. The molecule has 0 unspecified atom stereocenters. The van der Waals surface area contributed by atoms with Gasteiger partial charge in [0.05, 0.1) is 12.7 Å². The minimum atomic E-state index is -1.02. The van der Waals surface area contributed by atoms with Crippen LogP contribution in [0.1, 0.15) is 10.4 Å². The molecular formula is C21H18N2O5. The van der Waals surface area contributed by atoms with Crippen molar-refractivity contribution in [3.05, 3.63) is 78.4 Å². The van der Waals surface area contributed by atoms with Gasteiger partial charge in [0.1, 0.15) is 17.2 Å². The Hall–Kier alpha value is -4.00. The summed E-state index contributed by atoms with van der Waals surface area (Å²) in [7, 11) is 1.57. The molecule has 3 aromatic carbocycles. The van der Waals surface area contributed by atoms with Crippen molar-refractivity contribution in [2.45, 2.75) is 0 Å². The summed E-state index contributed by atoms with van der Waals surface area (Å²) in [5.41, 5.74) is 1.36. The zero-order valence-corrected chi connectivity index (χ0v) is 15.0. The Morgan fingerprint density at radius 2 is 1.36 bits per heavy atom. The highest BCUT2D eigenvalue weighted by Crippen LogP contribution is 2.24. The van der Waals surface area contributed by atoms with Gasteiger partial charge in [-0.05, 0) is 66.7 Å². The van der Waals surface area contributed by atoms with Crippen LogP contribution in [0.5, 0.6) is 17.2 Å². The Labute approximate surface area is 161 Å². The first-order chi connectivity index (χ1) is 13.5. The largest absolute Gasteiger partial charge is 0.497 e. The molecule has 7 heteroatoms. The van der Waals surface area contributed by atoms with Crippen LogP contribution in [0, 0.1) is 0 Å². The summed E-state index contributed by atoms with van der Waals surface area (Å²) in [5.74, 6) is 0.616. The molecule has 142 valence electrons. The van der Waals surface area contributed by atoms with Crippen molar-refractivity contribution in [3.8, 4) is 17.2 Å². The Balaban J connectivity index is 1.58. The maximum Gasteiger partial charge on any atom is 0.335 e. The first-order valence-electron chi connectivity index (χ1n) is 8.37. The van der Waals surface area contributed by atoms with Crippen molar-refractivity contribution in [1.82, 2.24) is 0 Å². The molecule has 2 amide bonds. The average molecular weight is 378 g/mol. The van der Waals surface area contributed by atoms with Crippen LogP contribution in [-0.2, 0) is 0 Å². The van der Waals surface area contributed by atoms with Crippen LogP contribution in [0.15, 0.2) is 72.8 Å². The van der Waals surface area contributed by atoms with Crippen LogP contribution < -0.4 is 20.1 Å². The fourth-order valence-electron chi connectivity index (χ4n) is 2.40. The molecule has 0 bridgehead atoms. The molecule has 0 spiro atoms. The number of carboxylic acids is 1. The number of amides is 2. The number of methoxy groups -OCH3 is 1. The molecule has 0 atom stereocenters. The van der Waals surface area contributed by atoms with Gasteiger partial charge in [0, 0.05) is 11.4 Å². The molecule has 7 nitrogen and oxygen atoms in total. The molecule has 0 aliphatic carbocycles. The van der Waals surface area contributed by atoms with Gasteiger partial charge in [0.2, 0.25) is 0 Å². The maximum absolute atomic E-state index is 12.1. The van der Waals surface area contributed by atoms with E-state index >= 15 is 0 Å². The third kappa shape index (κ3) is 5.01. The average Bonchev–Trinajstić information content (AvgIpc) is 2.70. The highest BCUT2D eigenvalue weighted by molar-refractivity contribution is 5.99. The third-order valence-electron chi connectivity index (χ3n) is 3.78. The van der Waals surface area contributed by atoms with E-state index < -0.39 is 5.97 Å². The lowest BCUT2D eigenvalue weighted by Gasteiger charge is -2.10. The number of ether oxygens (including phenoxy) is 2. The summed E-state index contributed by atoms with van der Waals surface area (Å²) in [4.78, 5) is 23.1. The number of carbonyl (C=O) groups excluding carboxylic acids is 1. The first-order valence-corrected chi connectivity index (χ1v) is 8.37. The lowest BCUT2D eigenvalue weighted by atomic mass is 10.2. The number of hydrogen-bond donors (Lipinski definition) is 3. The van der Waals surface area contributed by atoms with Crippen LogP contribution >= 0.6 is 0 Å². The van der Waals surface area contributed by atoms with E-state index in [1.54, 1.807) is 67.8 Å². The summed E-state index contributed by atoms with van der Waals surface area (Å²) in [6, 6.07) is 19.5. The van der Waals surface area contributed by atoms with Crippen LogP contribution in [0.3, 0.4) is 0 Å². The SMILES string of the molecule is COc1ccc(NC(=O)Nc2ccc(Oc3cccc(C(=O)O)c3)cc2)cc1. The van der Waals surface area contributed by atoms with Crippen molar-refractivity contribution in [2.24, 2.45) is 0 Å². The monoisotopic (exact) mass is 378 g/mol. The van der Waals surface area contributed by atoms with Gasteiger partial charge in [-0.3, -0.25) is 0 Å². The van der Waals surface area contributed by atoms with Crippen LogP contribution in [0.4, 0.5) is 16.2 Å². The van der Waals surface area contributed by atoms with Gasteiger partial charge >= 0.3 is 12.0 Å². The summed E-state index contributed by atoms with van der Waals surface area (Å²) >= 11 is 0. The zero-order valence-electron chi connectivity index (χ0n) is 15.0. The predicted octanol–water partition coefficient (Wildman–Crippen LogP) is 4.83. The Kier molecular flexibility index (Phi) is 5.76. The highest BCUT2D eigenvalue weighted by Gasteiger charge is 2.06. The van der Waals surface area contributed by atoms with Crippen LogP contribution in [0.25, 0.3) is 0 Å². The number of carboxylic acid groups (broad SMARTS) is 1. The topological polar surface area (TPSA) is 96.9 Å².